The molecule has 0 aliphatic heterocycles. The van der Waals surface area contributed by atoms with E-state index in [1.54, 1.807) is 6.92 Å². The van der Waals surface area contributed by atoms with E-state index in [-0.39, 0.29) is 12.2 Å². The van der Waals surface area contributed by atoms with Crippen molar-refractivity contribution in [2.24, 2.45) is 0 Å². The molecule has 0 heterocycles. The van der Waals surface area contributed by atoms with Gasteiger partial charge in [0, 0.05) is 17.5 Å². The van der Waals surface area contributed by atoms with Crippen LogP contribution in [0.15, 0.2) is 30.3 Å². The van der Waals surface area contributed by atoms with Crippen LogP contribution in [-0.4, -0.2) is 25.0 Å². The molecule has 0 radical (unpaired) electrons. The van der Waals surface area contributed by atoms with Gasteiger partial charge in [0.1, 0.15) is 11.5 Å². The summed E-state index contributed by atoms with van der Waals surface area (Å²) in [4.78, 5) is 23.8. The van der Waals surface area contributed by atoms with Crippen LogP contribution in [0.4, 0.5) is 0 Å². The maximum absolute atomic E-state index is 12.3. The van der Waals surface area contributed by atoms with Crippen molar-refractivity contribution in [3.8, 4) is 16.9 Å². The van der Waals surface area contributed by atoms with Crippen LogP contribution in [0.3, 0.4) is 0 Å². The van der Waals surface area contributed by atoms with Gasteiger partial charge in [-0.1, -0.05) is 18.2 Å². The third-order valence-corrected chi connectivity index (χ3v) is 3.31. The van der Waals surface area contributed by atoms with Crippen molar-refractivity contribution in [1.82, 2.24) is 0 Å². The summed E-state index contributed by atoms with van der Waals surface area (Å²) in [6, 6.07) is 9.29. The lowest BCUT2D eigenvalue weighted by atomic mass is 10.1. The molecule has 0 N–H and O–H groups in total. The molecule has 0 aromatic rings. The molecule has 0 spiro atoms. The van der Waals surface area contributed by atoms with Gasteiger partial charge in [0.25, 0.3) is 0 Å². The maximum atomic E-state index is 12.3. The Labute approximate surface area is 130 Å². The van der Waals surface area contributed by atoms with Crippen LogP contribution in [0, 0.1) is 0 Å². The Hall–Kier alpha value is -2.36. The Balaban J connectivity index is 2.64. The predicted molar refractivity (Wildman–Crippen MR) is 84.6 cm³/mol. The van der Waals surface area contributed by atoms with E-state index in [0.29, 0.717) is 30.1 Å². The molecule has 4 heteroatoms. The van der Waals surface area contributed by atoms with Crippen LogP contribution in [0.2, 0.25) is 0 Å². The molecule has 116 valence electrons. The Morgan fingerprint density at radius 2 is 1.77 bits per heavy atom. The van der Waals surface area contributed by atoms with E-state index in [1.165, 1.54) is 6.92 Å². The van der Waals surface area contributed by atoms with E-state index in [9.17, 15) is 9.59 Å². The molecule has 4 nitrogen and oxygen atoms in total. The number of rotatable bonds is 6. The molecule has 0 saturated heterocycles. The van der Waals surface area contributed by atoms with Gasteiger partial charge in [-0.05, 0) is 38.5 Å². The zero-order valence-corrected chi connectivity index (χ0v) is 13.1. The topological polar surface area (TPSA) is 52.6 Å². The molecule has 0 unspecified atom stereocenters. The van der Waals surface area contributed by atoms with Gasteiger partial charge in [0.15, 0.2) is 0 Å². The molecule has 0 amide bonds. The molecule has 0 aromatic heterocycles. The zero-order chi connectivity index (χ0) is 16.1. The van der Waals surface area contributed by atoms with Gasteiger partial charge in [-0.25, -0.2) is 4.79 Å². The smallest absolute Gasteiger partial charge is 0.339 e. The minimum atomic E-state index is -0.401. The highest BCUT2D eigenvalue weighted by molar-refractivity contribution is 6.03. The number of ether oxygens (including phenoxy) is 2. The van der Waals surface area contributed by atoms with E-state index in [2.05, 4.69) is 0 Å². The fourth-order valence-electron chi connectivity index (χ4n) is 2.53. The number of ketones is 1. The van der Waals surface area contributed by atoms with Crippen molar-refractivity contribution >= 4 is 11.8 Å². The number of hydrogen-bond donors (Lipinski definition) is 0. The number of esters is 1. The fourth-order valence-corrected chi connectivity index (χ4v) is 2.53. The standard InChI is InChI=1S/C18H20O4/c1-4-21-16-9-7-6-8-14-15(16)11-13(10-12(3)19)17(14)18(20)22-5-2/h6-9,11H,4-5,10H2,1-3H3. The third-order valence-electron chi connectivity index (χ3n) is 3.31. The summed E-state index contributed by atoms with van der Waals surface area (Å²) in [7, 11) is 0. The number of carbonyl (C=O) groups excluding carboxylic acids is 2. The average Bonchev–Trinajstić information content (AvgIpc) is 2.69. The lowest BCUT2D eigenvalue weighted by Crippen LogP contribution is -2.08. The van der Waals surface area contributed by atoms with E-state index in [4.69, 9.17) is 9.47 Å². The van der Waals surface area contributed by atoms with Gasteiger partial charge in [-0.15, -0.1) is 0 Å². The minimum Gasteiger partial charge on any atom is -0.493 e. The van der Waals surface area contributed by atoms with Crippen LogP contribution in [0.5, 0.6) is 5.75 Å². The second kappa shape index (κ2) is 7.07. The average molecular weight is 300 g/mol. The Morgan fingerprint density at radius 1 is 1.05 bits per heavy atom. The monoisotopic (exact) mass is 300 g/mol. The molecule has 0 bridgehead atoms. The molecular formula is C18H20O4. The van der Waals surface area contributed by atoms with Crippen LogP contribution < -0.4 is 4.74 Å². The lowest BCUT2D eigenvalue weighted by molar-refractivity contribution is -0.116. The molecule has 2 aliphatic carbocycles. The Kier molecular flexibility index (Phi) is 5.15. The molecule has 2 aliphatic rings. The van der Waals surface area contributed by atoms with Gasteiger partial charge in [-0.3, -0.25) is 4.79 Å². The third kappa shape index (κ3) is 3.27. The van der Waals surface area contributed by atoms with Crippen molar-refractivity contribution in [2.75, 3.05) is 13.2 Å². The van der Waals surface area contributed by atoms with E-state index >= 15 is 0 Å². The molecule has 0 saturated carbocycles. The highest BCUT2D eigenvalue weighted by atomic mass is 16.5. The summed E-state index contributed by atoms with van der Waals surface area (Å²) in [6.07, 6.45) is 0.206. The van der Waals surface area contributed by atoms with Gasteiger partial charge in [-0.2, -0.15) is 0 Å². The van der Waals surface area contributed by atoms with Crippen LogP contribution in [-0.2, 0) is 16.0 Å². The molecule has 0 aromatic carbocycles. The largest absolute Gasteiger partial charge is 0.493 e. The van der Waals surface area contributed by atoms with Crippen LogP contribution in [0.25, 0.3) is 11.1 Å². The molecule has 0 fully saturated rings. The van der Waals surface area contributed by atoms with Gasteiger partial charge >= 0.3 is 5.97 Å². The Morgan fingerprint density at radius 3 is 2.41 bits per heavy atom. The van der Waals surface area contributed by atoms with Gasteiger partial charge in [0.2, 0.25) is 0 Å². The predicted octanol–water partition coefficient (Wildman–Crippen LogP) is 3.50. The Bertz CT molecular complexity index is 660. The molecule has 0 atom stereocenters. The first kappa shape index (κ1) is 16.0. The number of hydrogen-bond acceptors (Lipinski definition) is 4. The van der Waals surface area contributed by atoms with E-state index in [1.807, 2.05) is 37.3 Å². The second-order valence-electron chi connectivity index (χ2n) is 4.99. The highest BCUT2D eigenvalue weighted by Crippen LogP contribution is 2.38. The van der Waals surface area contributed by atoms with Crippen molar-refractivity contribution in [3.05, 3.63) is 41.5 Å². The normalized spacial score (nSPS) is 10.5. The summed E-state index contributed by atoms with van der Waals surface area (Å²) in [5, 5.41) is 0. The second-order valence-corrected chi connectivity index (χ2v) is 4.99. The van der Waals surface area contributed by atoms with Crippen molar-refractivity contribution in [2.45, 2.75) is 27.2 Å². The molecular weight excluding hydrogens is 280 g/mol. The van der Waals surface area contributed by atoms with E-state index < -0.39 is 5.97 Å². The molecule has 22 heavy (non-hydrogen) atoms. The number of carbonyl (C=O) groups is 2. The highest BCUT2D eigenvalue weighted by Gasteiger charge is 2.25. The summed E-state index contributed by atoms with van der Waals surface area (Å²) >= 11 is 0. The lowest BCUT2D eigenvalue weighted by Gasteiger charge is -2.07. The molecule has 2 rings (SSSR count). The zero-order valence-electron chi connectivity index (χ0n) is 13.1. The van der Waals surface area contributed by atoms with Gasteiger partial charge in [0.05, 0.1) is 18.8 Å². The van der Waals surface area contributed by atoms with Gasteiger partial charge < -0.3 is 9.47 Å². The summed E-state index contributed by atoms with van der Waals surface area (Å²) < 4.78 is 10.8. The van der Waals surface area contributed by atoms with Crippen molar-refractivity contribution in [3.63, 3.8) is 0 Å². The number of Topliss-reactive ketones (excluding diaryl/α,β-unsaturated/α-hetero) is 1. The first-order valence-electron chi connectivity index (χ1n) is 7.42. The van der Waals surface area contributed by atoms with Crippen LogP contribution in [0.1, 0.15) is 36.7 Å². The SMILES string of the molecule is CCOC(=O)c1c(CC(C)=O)cc2c(OCC)ccccc1-2. The van der Waals surface area contributed by atoms with E-state index in [0.717, 1.165) is 11.1 Å². The first-order chi connectivity index (χ1) is 10.6. The fraction of sp³-hybridized carbons (Fsp3) is 0.333. The summed E-state index contributed by atoms with van der Waals surface area (Å²) in [6.45, 7) is 6.00. The first-order valence-corrected chi connectivity index (χ1v) is 7.42. The van der Waals surface area contributed by atoms with Crippen LogP contribution >= 0.6 is 0 Å². The van der Waals surface area contributed by atoms with Crippen molar-refractivity contribution < 1.29 is 19.1 Å². The quantitative estimate of drug-likeness (QED) is 0.766. The summed E-state index contributed by atoms with van der Waals surface area (Å²) in [5.41, 5.74) is 2.73. The maximum Gasteiger partial charge on any atom is 0.339 e. The summed E-state index contributed by atoms with van der Waals surface area (Å²) in [5.74, 6) is 0.299. The van der Waals surface area contributed by atoms with Crippen molar-refractivity contribution in [1.29, 1.82) is 0 Å². The number of fused-ring (bicyclic) bond motifs is 1. The minimum absolute atomic E-state index is 0.00295.